The molecule has 6 nitrogen and oxygen atoms in total. The first-order valence-electron chi connectivity index (χ1n) is 9.60. The Kier molecular flexibility index (Phi) is 3.85. The maximum absolute atomic E-state index is 14.9. The van der Waals surface area contributed by atoms with Gasteiger partial charge in [-0.2, -0.15) is 8.78 Å². The number of amidine groups is 1. The van der Waals surface area contributed by atoms with Gasteiger partial charge >= 0.3 is 0 Å². The third kappa shape index (κ3) is 2.44. The lowest BCUT2D eigenvalue weighted by Crippen LogP contribution is -2.31. The molecule has 1 aromatic carbocycles. The minimum absolute atomic E-state index is 0.0692. The molecule has 0 saturated heterocycles. The van der Waals surface area contributed by atoms with E-state index < -0.39 is 17.4 Å². The number of ether oxygens (including phenoxy) is 1. The first-order valence-corrected chi connectivity index (χ1v) is 9.98. The summed E-state index contributed by atoms with van der Waals surface area (Å²) in [4.78, 5) is 16.7. The highest BCUT2D eigenvalue weighted by Gasteiger charge is 2.51. The molecule has 2 aliphatic heterocycles. The van der Waals surface area contributed by atoms with Gasteiger partial charge in [-0.25, -0.2) is 15.0 Å². The Morgan fingerprint density at radius 1 is 0.906 bits per heavy atom. The lowest BCUT2D eigenvalue weighted by atomic mass is 9.77. The van der Waals surface area contributed by atoms with Gasteiger partial charge in [-0.3, -0.25) is 4.98 Å². The molecule has 9 heteroatoms. The molecule has 0 bridgehead atoms. The Bertz CT molecular complexity index is 1470. The van der Waals surface area contributed by atoms with Crippen molar-refractivity contribution in [2.24, 2.45) is 10.7 Å². The van der Waals surface area contributed by atoms with Crippen LogP contribution in [0.15, 0.2) is 65.9 Å². The highest BCUT2D eigenvalue weighted by atomic mass is 35.5. The second-order valence-corrected chi connectivity index (χ2v) is 7.76. The molecule has 32 heavy (non-hydrogen) atoms. The van der Waals surface area contributed by atoms with Crippen LogP contribution in [0.25, 0.3) is 11.1 Å². The van der Waals surface area contributed by atoms with Gasteiger partial charge in [0.05, 0.1) is 5.69 Å². The summed E-state index contributed by atoms with van der Waals surface area (Å²) in [6.07, 6.45) is 2.98. The van der Waals surface area contributed by atoms with Gasteiger partial charge in [-0.15, -0.1) is 0 Å². The second-order valence-electron chi connectivity index (χ2n) is 7.37. The van der Waals surface area contributed by atoms with Crippen molar-refractivity contribution < 1.29 is 13.5 Å². The topological polar surface area (TPSA) is 86.3 Å². The predicted octanol–water partition coefficient (Wildman–Crippen LogP) is 4.59. The Balaban J connectivity index is 1.72. The van der Waals surface area contributed by atoms with E-state index >= 15 is 0 Å². The minimum atomic E-state index is -1.34. The summed E-state index contributed by atoms with van der Waals surface area (Å²) >= 11 is 6.12. The van der Waals surface area contributed by atoms with Crippen molar-refractivity contribution in [3.63, 3.8) is 0 Å². The summed E-state index contributed by atoms with van der Waals surface area (Å²) in [7, 11) is 0. The molecular formula is C23H12ClF2N5O. The van der Waals surface area contributed by atoms with E-state index in [9.17, 15) is 8.78 Å². The Labute approximate surface area is 185 Å². The number of fused-ring (bicyclic) bond motifs is 6. The molecule has 0 radical (unpaired) electrons. The van der Waals surface area contributed by atoms with Crippen molar-refractivity contribution in [1.82, 2.24) is 15.0 Å². The van der Waals surface area contributed by atoms with E-state index in [-0.39, 0.29) is 16.7 Å². The van der Waals surface area contributed by atoms with E-state index in [1.165, 1.54) is 12.3 Å². The predicted molar refractivity (Wildman–Crippen MR) is 114 cm³/mol. The number of hydrogen-bond donors (Lipinski definition) is 1. The second kappa shape index (κ2) is 6.54. The number of hydrogen-bond acceptors (Lipinski definition) is 6. The largest absolute Gasteiger partial charge is 0.452 e. The van der Waals surface area contributed by atoms with Crippen LogP contribution in [0.1, 0.15) is 22.4 Å². The van der Waals surface area contributed by atoms with Gasteiger partial charge < -0.3 is 10.5 Å². The van der Waals surface area contributed by atoms with Crippen LogP contribution in [0.3, 0.4) is 0 Å². The van der Waals surface area contributed by atoms with Crippen LogP contribution in [-0.4, -0.2) is 20.8 Å². The molecule has 1 spiro atoms. The van der Waals surface area contributed by atoms with E-state index in [4.69, 9.17) is 27.1 Å². The zero-order valence-electron chi connectivity index (χ0n) is 16.2. The third-order valence-electron chi connectivity index (χ3n) is 5.66. The smallest absolute Gasteiger partial charge is 0.257 e. The lowest BCUT2D eigenvalue weighted by Gasteiger charge is -2.35. The summed E-state index contributed by atoms with van der Waals surface area (Å²) in [5.41, 5.74) is 7.71. The molecular weight excluding hydrogens is 436 g/mol. The standard InChI is InChI=1S/C23H12ClF2N5O/c24-17-10-15-18(21(26)30-17)32-16-6-5-11(12-3-1-8-29-20(12)25)9-14(16)23(15)19-13(22(27)31-23)4-2-7-28-19/h1-10H,(H2,27,31). The molecule has 0 aliphatic carbocycles. The minimum Gasteiger partial charge on any atom is -0.452 e. The Morgan fingerprint density at radius 3 is 2.50 bits per heavy atom. The molecule has 0 amide bonds. The number of nitrogens with two attached hydrogens (primary N) is 1. The van der Waals surface area contributed by atoms with Gasteiger partial charge in [0.2, 0.25) is 5.95 Å². The molecule has 2 aliphatic rings. The molecule has 156 valence electrons. The van der Waals surface area contributed by atoms with Crippen molar-refractivity contribution >= 4 is 17.4 Å². The van der Waals surface area contributed by atoms with E-state index in [0.29, 0.717) is 39.3 Å². The summed E-state index contributed by atoms with van der Waals surface area (Å²) in [5.74, 6) is -1.05. The van der Waals surface area contributed by atoms with Crippen LogP contribution in [-0.2, 0) is 5.54 Å². The summed E-state index contributed by atoms with van der Waals surface area (Å²) in [6.45, 7) is 0. The fourth-order valence-corrected chi connectivity index (χ4v) is 4.52. The molecule has 1 unspecified atom stereocenters. The first-order chi connectivity index (χ1) is 15.5. The third-order valence-corrected chi connectivity index (χ3v) is 5.85. The van der Waals surface area contributed by atoms with Crippen LogP contribution in [0, 0.1) is 11.9 Å². The van der Waals surface area contributed by atoms with E-state index in [1.54, 1.807) is 48.7 Å². The SMILES string of the molecule is NC1=NC2(c3cc(-c4cccnc4F)ccc3Oc3c2cc(Cl)nc3F)c2ncccc21. The number of aliphatic imine (C=N–C) groups is 1. The Hall–Kier alpha value is -3.91. The van der Waals surface area contributed by atoms with Gasteiger partial charge in [0.1, 0.15) is 16.7 Å². The van der Waals surface area contributed by atoms with Crippen molar-refractivity contribution in [3.8, 4) is 22.6 Å². The molecule has 1 atom stereocenters. The molecule has 3 aromatic heterocycles. The van der Waals surface area contributed by atoms with Crippen LogP contribution in [0.2, 0.25) is 5.15 Å². The van der Waals surface area contributed by atoms with Gasteiger partial charge in [-0.1, -0.05) is 17.7 Å². The number of aromatic nitrogens is 3. The summed E-state index contributed by atoms with van der Waals surface area (Å²) in [5, 5.41) is -0.0692. The zero-order valence-corrected chi connectivity index (χ0v) is 16.9. The molecule has 4 aromatic rings. The first kappa shape index (κ1) is 18.8. The highest BCUT2D eigenvalue weighted by molar-refractivity contribution is 6.29. The van der Waals surface area contributed by atoms with Gasteiger partial charge in [0.25, 0.3) is 5.95 Å². The number of rotatable bonds is 1. The fraction of sp³-hybridized carbons (Fsp3) is 0.0435. The van der Waals surface area contributed by atoms with Gasteiger partial charge in [0.15, 0.2) is 11.3 Å². The summed E-state index contributed by atoms with van der Waals surface area (Å²) < 4.78 is 35.2. The number of pyridine rings is 3. The number of halogens is 3. The van der Waals surface area contributed by atoms with Crippen LogP contribution < -0.4 is 10.5 Å². The monoisotopic (exact) mass is 447 g/mol. The average Bonchev–Trinajstić information content (AvgIpc) is 3.08. The molecule has 5 heterocycles. The molecule has 0 fully saturated rings. The van der Waals surface area contributed by atoms with Gasteiger partial charge in [-0.05, 0) is 48.0 Å². The molecule has 6 rings (SSSR count). The van der Waals surface area contributed by atoms with E-state index in [0.717, 1.165) is 0 Å². The van der Waals surface area contributed by atoms with Crippen LogP contribution in [0.5, 0.6) is 11.5 Å². The lowest BCUT2D eigenvalue weighted by molar-refractivity contribution is 0.383. The fourth-order valence-electron chi connectivity index (χ4n) is 4.33. The Morgan fingerprint density at radius 2 is 1.69 bits per heavy atom. The van der Waals surface area contributed by atoms with Gasteiger partial charge in [0, 0.05) is 34.6 Å². The maximum atomic E-state index is 14.9. The van der Waals surface area contributed by atoms with Crippen molar-refractivity contribution in [2.45, 2.75) is 5.54 Å². The normalized spacial score (nSPS) is 17.9. The average molecular weight is 448 g/mol. The van der Waals surface area contributed by atoms with Crippen molar-refractivity contribution in [2.75, 3.05) is 0 Å². The zero-order chi connectivity index (χ0) is 22.0. The number of nitrogens with zero attached hydrogens (tertiary/aromatic N) is 4. The van der Waals surface area contributed by atoms with E-state index in [1.807, 2.05) is 0 Å². The molecule has 0 saturated carbocycles. The van der Waals surface area contributed by atoms with Crippen LogP contribution in [0.4, 0.5) is 8.78 Å². The van der Waals surface area contributed by atoms with Crippen molar-refractivity contribution in [1.29, 1.82) is 0 Å². The van der Waals surface area contributed by atoms with Crippen molar-refractivity contribution in [3.05, 3.63) is 100 Å². The highest BCUT2D eigenvalue weighted by Crippen LogP contribution is 2.56. The van der Waals surface area contributed by atoms with Crippen LogP contribution >= 0.6 is 11.6 Å². The quantitative estimate of drug-likeness (QED) is 0.431. The van der Waals surface area contributed by atoms with E-state index in [2.05, 4.69) is 15.0 Å². The molecule has 2 N–H and O–H groups in total. The maximum Gasteiger partial charge on any atom is 0.257 e. The summed E-state index contributed by atoms with van der Waals surface area (Å²) in [6, 6.07) is 13.3. The number of benzene rings is 1.